The number of methoxy groups -OCH3 is 1. The monoisotopic (exact) mass is 241 g/mol. The molecule has 0 bridgehead atoms. The lowest BCUT2D eigenvalue weighted by Gasteiger charge is -2.14. The molecule has 18 heavy (non-hydrogen) atoms. The Morgan fingerprint density at radius 3 is 2.94 bits per heavy atom. The van der Waals surface area contributed by atoms with Gasteiger partial charge >= 0.3 is 0 Å². The first-order chi connectivity index (χ1) is 8.79. The van der Waals surface area contributed by atoms with Gasteiger partial charge in [0.05, 0.1) is 0 Å². The van der Waals surface area contributed by atoms with Crippen molar-refractivity contribution < 1.29 is 4.74 Å². The van der Waals surface area contributed by atoms with Crippen LogP contribution in [0.2, 0.25) is 0 Å². The number of ether oxygens (including phenoxy) is 1. The fourth-order valence-corrected chi connectivity index (χ4v) is 2.17. The van der Waals surface area contributed by atoms with Crippen LogP contribution < -0.4 is 5.32 Å². The number of hydrogen-bond acceptors (Lipinski definition) is 3. The van der Waals surface area contributed by atoms with E-state index >= 15 is 0 Å². The van der Waals surface area contributed by atoms with Crippen molar-refractivity contribution in [2.75, 3.05) is 12.4 Å². The van der Waals surface area contributed by atoms with Crippen molar-refractivity contribution in [3.8, 4) is 0 Å². The number of benzene rings is 1. The van der Waals surface area contributed by atoms with Gasteiger partial charge in [0.25, 0.3) is 0 Å². The molecule has 0 aliphatic carbocycles. The van der Waals surface area contributed by atoms with E-state index in [1.54, 1.807) is 13.3 Å². The highest BCUT2D eigenvalue weighted by Crippen LogP contribution is 2.30. The number of H-pyrrole nitrogens is 1. The smallest absolute Gasteiger partial charge is 0.140 e. The molecule has 2 aromatic heterocycles. The summed E-state index contributed by atoms with van der Waals surface area (Å²) in [5, 5.41) is 5.61. The Balaban J connectivity index is 2.25. The van der Waals surface area contributed by atoms with E-state index in [9.17, 15) is 0 Å². The molecule has 0 saturated heterocycles. The molecule has 0 spiro atoms. The lowest BCUT2D eigenvalue weighted by molar-refractivity contribution is 0.141. The van der Waals surface area contributed by atoms with Crippen molar-refractivity contribution in [3.05, 3.63) is 36.5 Å². The highest BCUT2D eigenvalue weighted by molar-refractivity contribution is 6.11. The summed E-state index contributed by atoms with van der Waals surface area (Å²) in [5.41, 5.74) is 3.02. The lowest BCUT2D eigenvalue weighted by Crippen LogP contribution is -2.16. The predicted molar refractivity (Wildman–Crippen MR) is 73.7 cm³/mol. The fraction of sp³-hybridized carbons (Fsp3) is 0.214. The summed E-state index contributed by atoms with van der Waals surface area (Å²) in [7, 11) is 1.69. The third-order valence-corrected chi connectivity index (χ3v) is 3.11. The third-order valence-electron chi connectivity index (χ3n) is 3.11. The molecule has 0 radical (unpaired) electrons. The van der Waals surface area contributed by atoms with Gasteiger partial charge in [0.1, 0.15) is 11.9 Å². The van der Waals surface area contributed by atoms with E-state index in [2.05, 4.69) is 27.4 Å². The number of aromatic amines is 1. The molecule has 0 fully saturated rings. The third kappa shape index (κ3) is 1.71. The Hall–Kier alpha value is -2.07. The van der Waals surface area contributed by atoms with Crippen LogP contribution in [-0.2, 0) is 4.74 Å². The predicted octanol–water partition coefficient (Wildman–Crippen LogP) is 3.12. The maximum Gasteiger partial charge on any atom is 0.140 e. The highest BCUT2D eigenvalue weighted by atomic mass is 16.5. The zero-order valence-electron chi connectivity index (χ0n) is 10.4. The van der Waals surface area contributed by atoms with Crippen LogP contribution in [0.3, 0.4) is 0 Å². The minimum atomic E-state index is -0.0377. The van der Waals surface area contributed by atoms with E-state index in [4.69, 9.17) is 4.74 Å². The molecule has 3 aromatic rings. The number of anilines is 1. The molecular weight excluding hydrogens is 226 g/mol. The van der Waals surface area contributed by atoms with Crippen LogP contribution >= 0.6 is 0 Å². The molecule has 0 saturated carbocycles. The van der Waals surface area contributed by atoms with Crippen LogP contribution in [0.4, 0.5) is 5.69 Å². The quantitative estimate of drug-likeness (QED) is 0.693. The Kier molecular flexibility index (Phi) is 2.64. The van der Waals surface area contributed by atoms with Crippen LogP contribution in [0.15, 0.2) is 36.5 Å². The van der Waals surface area contributed by atoms with Crippen molar-refractivity contribution in [1.29, 1.82) is 0 Å². The van der Waals surface area contributed by atoms with Gasteiger partial charge in [-0.2, -0.15) is 0 Å². The van der Waals surface area contributed by atoms with Crippen molar-refractivity contribution in [1.82, 2.24) is 9.97 Å². The molecule has 0 aliphatic heterocycles. The van der Waals surface area contributed by atoms with Gasteiger partial charge in [-0.05, 0) is 19.1 Å². The number of nitrogens with one attached hydrogen (secondary N) is 2. The molecule has 4 nitrogen and oxygen atoms in total. The average molecular weight is 241 g/mol. The van der Waals surface area contributed by atoms with Crippen LogP contribution in [0.1, 0.15) is 6.92 Å². The zero-order chi connectivity index (χ0) is 12.5. The average Bonchev–Trinajstić information content (AvgIpc) is 2.78. The van der Waals surface area contributed by atoms with Crippen molar-refractivity contribution in [3.63, 3.8) is 0 Å². The summed E-state index contributed by atoms with van der Waals surface area (Å²) < 4.78 is 5.25. The number of hydrogen-bond donors (Lipinski definition) is 2. The zero-order valence-corrected chi connectivity index (χ0v) is 10.4. The Morgan fingerprint density at radius 2 is 2.11 bits per heavy atom. The van der Waals surface area contributed by atoms with Crippen LogP contribution in [0.5, 0.6) is 0 Å². The molecular formula is C14H15N3O. The number of rotatable bonds is 3. The summed E-state index contributed by atoms with van der Waals surface area (Å²) in [6, 6.07) is 10.2. The summed E-state index contributed by atoms with van der Waals surface area (Å²) in [4.78, 5) is 7.69. The maximum absolute atomic E-state index is 5.25. The van der Waals surface area contributed by atoms with Crippen LogP contribution in [0, 0.1) is 0 Å². The number of para-hydroxylation sites is 1. The molecule has 0 aliphatic rings. The molecule has 2 heterocycles. The minimum absolute atomic E-state index is 0.0377. The van der Waals surface area contributed by atoms with Gasteiger partial charge in [-0.15, -0.1) is 0 Å². The molecule has 3 rings (SSSR count). The first-order valence-corrected chi connectivity index (χ1v) is 5.94. The van der Waals surface area contributed by atoms with Gasteiger partial charge in [-0.3, -0.25) is 0 Å². The second-order valence-corrected chi connectivity index (χ2v) is 4.27. The van der Waals surface area contributed by atoms with Crippen LogP contribution in [-0.4, -0.2) is 23.3 Å². The normalized spacial score (nSPS) is 13.0. The molecule has 1 atom stereocenters. The molecule has 4 heteroatoms. The summed E-state index contributed by atoms with van der Waals surface area (Å²) in [6.07, 6.45) is 1.76. The maximum atomic E-state index is 5.25. The second kappa shape index (κ2) is 4.31. The summed E-state index contributed by atoms with van der Waals surface area (Å²) in [5.74, 6) is 0. The van der Waals surface area contributed by atoms with Gasteiger partial charge in [-0.1, -0.05) is 18.2 Å². The van der Waals surface area contributed by atoms with Crippen molar-refractivity contribution >= 4 is 27.6 Å². The van der Waals surface area contributed by atoms with Gasteiger partial charge in [0, 0.05) is 35.3 Å². The number of pyridine rings is 1. The fourth-order valence-electron chi connectivity index (χ4n) is 2.17. The summed E-state index contributed by atoms with van der Waals surface area (Å²) in [6.45, 7) is 1.97. The van der Waals surface area contributed by atoms with Gasteiger partial charge in [-0.25, -0.2) is 4.98 Å². The minimum Gasteiger partial charge on any atom is -0.362 e. The van der Waals surface area contributed by atoms with E-state index in [1.807, 2.05) is 25.1 Å². The summed E-state index contributed by atoms with van der Waals surface area (Å²) >= 11 is 0. The van der Waals surface area contributed by atoms with Gasteiger partial charge in [0.2, 0.25) is 0 Å². The largest absolute Gasteiger partial charge is 0.362 e. The second-order valence-electron chi connectivity index (χ2n) is 4.27. The molecule has 0 amide bonds. The Morgan fingerprint density at radius 1 is 1.28 bits per heavy atom. The topological polar surface area (TPSA) is 49.9 Å². The SMILES string of the molecule is COC(C)Nc1ccnc2[nH]c3ccccc3c12. The Labute approximate surface area is 105 Å². The van der Waals surface area contributed by atoms with Crippen molar-refractivity contribution in [2.45, 2.75) is 13.2 Å². The number of fused-ring (bicyclic) bond motifs is 3. The van der Waals surface area contributed by atoms with E-state index in [1.165, 1.54) is 5.39 Å². The molecule has 1 aromatic carbocycles. The first-order valence-electron chi connectivity index (χ1n) is 5.94. The highest BCUT2D eigenvalue weighted by Gasteiger charge is 2.10. The van der Waals surface area contributed by atoms with E-state index in [-0.39, 0.29) is 6.23 Å². The van der Waals surface area contributed by atoms with E-state index in [0.29, 0.717) is 0 Å². The number of nitrogens with zero attached hydrogens (tertiary/aromatic N) is 1. The van der Waals surface area contributed by atoms with E-state index < -0.39 is 0 Å². The molecule has 2 N–H and O–H groups in total. The van der Waals surface area contributed by atoms with E-state index in [0.717, 1.165) is 22.2 Å². The van der Waals surface area contributed by atoms with Gasteiger partial charge < -0.3 is 15.0 Å². The molecule has 1 unspecified atom stereocenters. The van der Waals surface area contributed by atoms with Crippen LogP contribution in [0.25, 0.3) is 21.9 Å². The standard InChI is InChI=1S/C14H15N3O/c1-9(18-2)16-12-7-8-15-14-13(12)10-5-3-4-6-11(10)17-14/h3-9H,1-2H3,(H2,15,16,17). The number of aromatic nitrogens is 2. The lowest BCUT2D eigenvalue weighted by atomic mass is 10.1. The Bertz CT molecular complexity index is 690. The molecule has 92 valence electrons. The van der Waals surface area contributed by atoms with Gasteiger partial charge in [0.15, 0.2) is 0 Å². The van der Waals surface area contributed by atoms with Crippen molar-refractivity contribution in [2.24, 2.45) is 0 Å². The first kappa shape index (κ1) is 11.0.